The maximum Gasteiger partial charge on any atom is 0.303 e. The Morgan fingerprint density at radius 2 is 1.96 bits per heavy atom. The number of carboxylic acid groups (broad SMARTS) is 1. The lowest BCUT2D eigenvalue weighted by Gasteiger charge is -2.13. The molecule has 132 valence electrons. The van der Waals surface area contributed by atoms with Crippen molar-refractivity contribution in [2.24, 2.45) is 0 Å². The highest BCUT2D eigenvalue weighted by atomic mass is 32.2. The summed E-state index contributed by atoms with van der Waals surface area (Å²) in [5, 5.41) is 8.63. The summed E-state index contributed by atoms with van der Waals surface area (Å²) in [6.07, 6.45) is 6.22. The normalized spacial score (nSPS) is 16.8. The topological polar surface area (TPSA) is 57.6 Å². The average Bonchev–Trinajstić information content (AvgIpc) is 2.82. The number of unbranched alkanes of at least 4 members (excludes halogenated alkanes) is 2. The first-order chi connectivity index (χ1) is 12.0. The molecular weight excluding hydrogens is 354 g/mol. The average molecular weight is 376 g/mol. The number of nitrogens with zero attached hydrogens (tertiary/aromatic N) is 1. The Balaban J connectivity index is 1.93. The van der Waals surface area contributed by atoms with Crippen LogP contribution in [0.15, 0.2) is 46.9 Å². The van der Waals surface area contributed by atoms with Crippen molar-refractivity contribution in [3.8, 4) is 0 Å². The van der Waals surface area contributed by atoms with E-state index in [1.54, 1.807) is 4.90 Å². The van der Waals surface area contributed by atoms with Crippen LogP contribution in [0, 0.1) is 0 Å². The van der Waals surface area contributed by atoms with E-state index in [9.17, 15) is 9.59 Å². The second kappa shape index (κ2) is 9.53. The molecule has 1 aromatic rings. The molecule has 25 heavy (non-hydrogen) atoms. The largest absolute Gasteiger partial charge is 0.481 e. The van der Waals surface area contributed by atoms with Crippen molar-refractivity contribution < 1.29 is 14.7 Å². The summed E-state index contributed by atoms with van der Waals surface area (Å²) in [6.45, 7) is 2.51. The molecule has 4 nitrogen and oxygen atoms in total. The van der Waals surface area contributed by atoms with Crippen LogP contribution in [0.4, 0.5) is 0 Å². The number of benzene rings is 1. The van der Waals surface area contributed by atoms with Gasteiger partial charge >= 0.3 is 5.97 Å². The Bertz CT molecular complexity index is 711. The molecule has 0 bridgehead atoms. The molecule has 0 spiro atoms. The first-order valence-corrected chi connectivity index (χ1v) is 9.40. The summed E-state index contributed by atoms with van der Waals surface area (Å²) in [4.78, 5) is 25.3. The predicted molar refractivity (Wildman–Crippen MR) is 106 cm³/mol. The van der Waals surface area contributed by atoms with Crippen LogP contribution in [-0.2, 0) is 9.59 Å². The van der Waals surface area contributed by atoms with Gasteiger partial charge in [-0.1, -0.05) is 66.8 Å². The summed E-state index contributed by atoms with van der Waals surface area (Å²) in [5.41, 5.74) is 2.08. The van der Waals surface area contributed by atoms with Gasteiger partial charge in [0.2, 0.25) is 0 Å². The van der Waals surface area contributed by atoms with Crippen molar-refractivity contribution in [1.82, 2.24) is 4.90 Å². The number of carboxylic acids is 1. The van der Waals surface area contributed by atoms with Gasteiger partial charge in [0.15, 0.2) is 0 Å². The summed E-state index contributed by atoms with van der Waals surface area (Å²) < 4.78 is 0.571. The van der Waals surface area contributed by atoms with Gasteiger partial charge in [-0.3, -0.25) is 14.5 Å². The molecule has 0 radical (unpaired) electrons. The third-order valence-electron chi connectivity index (χ3n) is 3.70. The monoisotopic (exact) mass is 375 g/mol. The van der Waals surface area contributed by atoms with E-state index < -0.39 is 5.97 Å². The van der Waals surface area contributed by atoms with E-state index in [-0.39, 0.29) is 12.3 Å². The SMILES string of the molecule is CC(/C=C1\SC(=S)N(CCCCCC(=O)O)C1=O)=C\c1ccccc1. The standard InChI is InChI=1S/C19H21NO3S2/c1-14(12-15-8-4-2-5-9-15)13-16-18(23)20(19(24)25-16)11-7-3-6-10-17(21)22/h2,4-5,8-9,12-13H,3,6-7,10-11H2,1H3,(H,21,22)/b14-12+,16-13-. The van der Waals surface area contributed by atoms with Crippen molar-refractivity contribution in [3.05, 3.63) is 52.4 Å². The molecule has 2 rings (SSSR count). The molecule has 1 saturated heterocycles. The van der Waals surface area contributed by atoms with Gasteiger partial charge in [0.1, 0.15) is 4.32 Å². The summed E-state index contributed by atoms with van der Waals surface area (Å²) in [7, 11) is 0. The fraction of sp³-hybridized carbons (Fsp3) is 0.316. The highest BCUT2D eigenvalue weighted by molar-refractivity contribution is 8.26. The summed E-state index contributed by atoms with van der Waals surface area (Å²) in [5.74, 6) is -0.844. The maximum absolute atomic E-state index is 12.5. The second-order valence-corrected chi connectivity index (χ2v) is 7.51. The van der Waals surface area contributed by atoms with Crippen LogP contribution in [0.1, 0.15) is 38.2 Å². The van der Waals surface area contributed by atoms with Crippen LogP contribution < -0.4 is 0 Å². The molecule has 0 aromatic heterocycles. The quantitative estimate of drug-likeness (QED) is 0.412. The van der Waals surface area contributed by atoms with Gasteiger partial charge in [-0.2, -0.15) is 0 Å². The van der Waals surface area contributed by atoms with E-state index in [1.807, 2.05) is 49.4 Å². The third-order valence-corrected chi connectivity index (χ3v) is 5.08. The Hall–Kier alpha value is -1.92. The molecule has 1 aliphatic heterocycles. The number of amides is 1. The number of aliphatic carboxylic acids is 1. The second-order valence-electron chi connectivity index (χ2n) is 5.84. The van der Waals surface area contributed by atoms with Crippen LogP contribution in [0.5, 0.6) is 0 Å². The van der Waals surface area contributed by atoms with Gasteiger partial charge in [0.05, 0.1) is 4.91 Å². The minimum absolute atomic E-state index is 0.0611. The zero-order chi connectivity index (χ0) is 18.2. The first-order valence-electron chi connectivity index (χ1n) is 8.18. The van der Waals surface area contributed by atoms with E-state index in [1.165, 1.54) is 11.8 Å². The van der Waals surface area contributed by atoms with Crippen molar-refractivity contribution in [1.29, 1.82) is 0 Å². The van der Waals surface area contributed by atoms with Crippen LogP contribution in [0.2, 0.25) is 0 Å². The van der Waals surface area contributed by atoms with E-state index in [2.05, 4.69) is 0 Å². The smallest absolute Gasteiger partial charge is 0.303 e. The van der Waals surface area contributed by atoms with Crippen molar-refractivity contribution in [3.63, 3.8) is 0 Å². The van der Waals surface area contributed by atoms with Crippen molar-refractivity contribution in [2.75, 3.05) is 6.54 Å². The van der Waals surface area contributed by atoms with E-state index >= 15 is 0 Å². The predicted octanol–water partition coefficient (Wildman–Crippen LogP) is 4.48. The molecule has 1 heterocycles. The number of rotatable bonds is 8. The molecule has 0 aliphatic carbocycles. The molecule has 0 unspecified atom stereocenters. The van der Waals surface area contributed by atoms with Crippen LogP contribution >= 0.6 is 24.0 Å². The number of allylic oxidation sites excluding steroid dienone is 2. The Labute approximate surface area is 157 Å². The van der Waals surface area contributed by atoms with E-state index in [0.717, 1.165) is 24.0 Å². The van der Waals surface area contributed by atoms with Gasteiger partial charge in [-0.25, -0.2) is 0 Å². The lowest BCUT2D eigenvalue weighted by Crippen LogP contribution is -2.29. The third kappa shape index (κ3) is 6.14. The van der Waals surface area contributed by atoms with E-state index in [0.29, 0.717) is 22.2 Å². The molecule has 1 aliphatic rings. The number of hydrogen-bond donors (Lipinski definition) is 1. The number of carbonyl (C=O) groups is 2. The van der Waals surface area contributed by atoms with Crippen molar-refractivity contribution >= 4 is 46.3 Å². The van der Waals surface area contributed by atoms with Crippen molar-refractivity contribution in [2.45, 2.75) is 32.6 Å². The zero-order valence-electron chi connectivity index (χ0n) is 14.1. The molecule has 0 saturated carbocycles. The lowest BCUT2D eigenvalue weighted by atomic mass is 10.1. The number of carbonyl (C=O) groups excluding carboxylic acids is 1. The molecule has 1 aromatic carbocycles. The fourth-order valence-electron chi connectivity index (χ4n) is 2.48. The first kappa shape index (κ1) is 19.4. The molecule has 1 N–H and O–H groups in total. The molecule has 0 atom stereocenters. The van der Waals surface area contributed by atoms with Gasteiger partial charge in [-0.05, 0) is 37.0 Å². The summed E-state index contributed by atoms with van der Waals surface area (Å²) in [6, 6.07) is 9.94. The van der Waals surface area contributed by atoms with Gasteiger partial charge < -0.3 is 5.11 Å². The number of hydrogen-bond acceptors (Lipinski definition) is 4. The number of thioether (sulfide) groups is 1. The van der Waals surface area contributed by atoms with Crippen LogP contribution in [-0.4, -0.2) is 32.7 Å². The Morgan fingerprint density at radius 3 is 2.64 bits per heavy atom. The van der Waals surface area contributed by atoms with E-state index in [4.69, 9.17) is 17.3 Å². The Morgan fingerprint density at radius 1 is 1.24 bits per heavy atom. The highest BCUT2D eigenvalue weighted by Crippen LogP contribution is 2.32. The molecule has 1 fully saturated rings. The van der Waals surface area contributed by atoms with Crippen LogP contribution in [0.3, 0.4) is 0 Å². The lowest BCUT2D eigenvalue weighted by molar-refractivity contribution is -0.137. The van der Waals surface area contributed by atoms with Gasteiger partial charge in [0.25, 0.3) is 5.91 Å². The van der Waals surface area contributed by atoms with Crippen LogP contribution in [0.25, 0.3) is 6.08 Å². The minimum atomic E-state index is -0.783. The molecule has 1 amide bonds. The highest BCUT2D eigenvalue weighted by Gasteiger charge is 2.31. The van der Waals surface area contributed by atoms with Gasteiger partial charge in [0, 0.05) is 13.0 Å². The molecular formula is C19H21NO3S2. The Kier molecular flexibility index (Phi) is 7.40. The minimum Gasteiger partial charge on any atom is -0.481 e. The fourth-order valence-corrected chi connectivity index (χ4v) is 3.83. The summed E-state index contributed by atoms with van der Waals surface area (Å²) >= 11 is 6.63. The molecule has 6 heteroatoms. The maximum atomic E-state index is 12.5. The zero-order valence-corrected chi connectivity index (χ0v) is 15.7. The van der Waals surface area contributed by atoms with Gasteiger partial charge in [-0.15, -0.1) is 0 Å². The number of thiocarbonyl (C=S) groups is 1.